The van der Waals surface area contributed by atoms with Crippen molar-refractivity contribution in [2.24, 2.45) is 0 Å². The van der Waals surface area contributed by atoms with Crippen LogP contribution in [0, 0.1) is 0 Å². The van der Waals surface area contributed by atoms with Crippen molar-refractivity contribution in [2.75, 3.05) is 6.61 Å². The Bertz CT molecular complexity index is 974. The first-order valence-electron chi connectivity index (χ1n) is 26.5. The van der Waals surface area contributed by atoms with Gasteiger partial charge in [0.1, 0.15) is 6.10 Å². The number of rotatable bonds is 48. The van der Waals surface area contributed by atoms with Crippen molar-refractivity contribution in [3.63, 3.8) is 0 Å². The van der Waals surface area contributed by atoms with Gasteiger partial charge in [0.2, 0.25) is 5.91 Å². The van der Waals surface area contributed by atoms with Crippen molar-refractivity contribution in [3.05, 3.63) is 48.6 Å². The van der Waals surface area contributed by atoms with Crippen LogP contribution in [0.1, 0.15) is 271 Å². The predicted octanol–water partition coefficient (Wildman–Crippen LogP) is 16.1. The Hall–Kier alpha value is -1.69. The lowest BCUT2D eigenvalue weighted by molar-refractivity contribution is -0.131. The average Bonchev–Trinajstić information content (AvgIpc) is 3.25. The summed E-state index contributed by atoms with van der Waals surface area (Å²) in [6.07, 6.45) is 66.3. The van der Waals surface area contributed by atoms with Crippen LogP contribution in [0.15, 0.2) is 48.6 Å². The highest BCUT2D eigenvalue weighted by Crippen LogP contribution is 2.16. The van der Waals surface area contributed by atoms with E-state index in [9.17, 15) is 20.1 Å². The third-order valence-corrected chi connectivity index (χ3v) is 12.1. The molecule has 0 aliphatic heterocycles. The fourth-order valence-electron chi connectivity index (χ4n) is 7.96. The van der Waals surface area contributed by atoms with Gasteiger partial charge in [0.15, 0.2) is 0 Å². The lowest BCUT2D eigenvalue weighted by Crippen LogP contribution is -2.48. The van der Waals surface area contributed by atoms with Gasteiger partial charge < -0.3 is 20.6 Å². The Labute approximate surface area is 374 Å². The van der Waals surface area contributed by atoms with Crippen LogP contribution in [0.3, 0.4) is 0 Å². The first-order valence-corrected chi connectivity index (χ1v) is 26.5. The summed E-state index contributed by atoms with van der Waals surface area (Å²) in [5, 5.41) is 33.1. The van der Waals surface area contributed by atoms with Crippen LogP contribution in [0.5, 0.6) is 0 Å². The molecule has 0 aromatic rings. The van der Waals surface area contributed by atoms with Gasteiger partial charge >= 0.3 is 0 Å². The van der Waals surface area contributed by atoms with Crippen LogP contribution in [-0.4, -0.2) is 46.1 Å². The molecular weight excluding hydrogens is 739 g/mol. The first-order chi connectivity index (χ1) is 29.6. The highest BCUT2D eigenvalue weighted by atomic mass is 16.3. The molecule has 0 rings (SSSR count). The highest BCUT2D eigenvalue weighted by Gasteiger charge is 2.22. The summed E-state index contributed by atoms with van der Waals surface area (Å²) in [7, 11) is 0. The van der Waals surface area contributed by atoms with Crippen LogP contribution >= 0.6 is 0 Å². The normalized spacial score (nSPS) is 13.8. The van der Waals surface area contributed by atoms with Gasteiger partial charge in [-0.25, -0.2) is 0 Å². The first kappa shape index (κ1) is 58.3. The second kappa shape index (κ2) is 50.0. The molecule has 0 aromatic carbocycles. The third kappa shape index (κ3) is 44.4. The van der Waals surface area contributed by atoms with E-state index in [1.807, 2.05) is 6.08 Å². The van der Waals surface area contributed by atoms with Gasteiger partial charge in [-0.3, -0.25) is 4.79 Å². The van der Waals surface area contributed by atoms with Crippen molar-refractivity contribution >= 4 is 5.91 Å². The number of hydrogen-bond acceptors (Lipinski definition) is 4. The summed E-state index contributed by atoms with van der Waals surface area (Å²) in [6, 6.07) is -0.820. The number of aliphatic hydroxyl groups is 3. The van der Waals surface area contributed by atoms with Crippen molar-refractivity contribution in [3.8, 4) is 0 Å². The van der Waals surface area contributed by atoms with Crippen molar-refractivity contribution in [2.45, 2.75) is 289 Å². The van der Waals surface area contributed by atoms with Gasteiger partial charge in [0.05, 0.1) is 18.8 Å². The lowest BCUT2D eigenvalue weighted by atomic mass is 10.0. The molecule has 0 aliphatic carbocycles. The minimum Gasteiger partial charge on any atom is -0.394 e. The van der Waals surface area contributed by atoms with E-state index in [1.165, 1.54) is 205 Å². The molecule has 1 amide bonds. The zero-order valence-corrected chi connectivity index (χ0v) is 40.1. The Morgan fingerprint density at radius 2 is 0.700 bits per heavy atom. The van der Waals surface area contributed by atoms with Gasteiger partial charge in [-0.05, 0) is 64.2 Å². The molecule has 352 valence electrons. The largest absolute Gasteiger partial charge is 0.394 e. The topological polar surface area (TPSA) is 89.8 Å². The highest BCUT2D eigenvalue weighted by molar-refractivity contribution is 5.80. The van der Waals surface area contributed by atoms with Gasteiger partial charge in [0.25, 0.3) is 0 Å². The van der Waals surface area contributed by atoms with E-state index in [-0.39, 0.29) is 6.61 Å². The average molecular weight is 842 g/mol. The summed E-state index contributed by atoms with van der Waals surface area (Å²) < 4.78 is 0. The zero-order valence-electron chi connectivity index (χ0n) is 40.1. The quantitative estimate of drug-likeness (QED) is 0.0363. The molecule has 0 spiro atoms. The molecule has 0 saturated carbocycles. The number of amides is 1. The van der Waals surface area contributed by atoms with Gasteiger partial charge in [-0.1, -0.05) is 255 Å². The summed E-state index contributed by atoms with van der Waals surface area (Å²) in [5.41, 5.74) is 0. The minimum absolute atomic E-state index is 0.381. The van der Waals surface area contributed by atoms with Crippen LogP contribution in [0.4, 0.5) is 0 Å². The zero-order chi connectivity index (χ0) is 43.7. The van der Waals surface area contributed by atoms with E-state index in [0.717, 1.165) is 44.9 Å². The van der Waals surface area contributed by atoms with Crippen LogP contribution in [-0.2, 0) is 4.79 Å². The molecule has 0 heterocycles. The summed E-state index contributed by atoms with van der Waals surface area (Å²) in [5.74, 6) is -0.517. The van der Waals surface area contributed by atoms with Crippen LogP contribution < -0.4 is 5.32 Å². The number of carbonyl (C=O) groups is 1. The molecule has 0 radical (unpaired) electrons. The fourth-order valence-corrected chi connectivity index (χ4v) is 7.96. The molecule has 3 atom stereocenters. The monoisotopic (exact) mass is 842 g/mol. The summed E-state index contributed by atoms with van der Waals surface area (Å²) in [4.78, 5) is 12.5. The molecule has 5 nitrogen and oxygen atoms in total. The minimum atomic E-state index is -1.11. The Balaban J connectivity index is 3.51. The summed E-state index contributed by atoms with van der Waals surface area (Å²) >= 11 is 0. The van der Waals surface area contributed by atoms with Crippen molar-refractivity contribution in [1.29, 1.82) is 0 Å². The molecule has 0 aliphatic rings. The van der Waals surface area contributed by atoms with E-state index in [0.29, 0.717) is 6.42 Å². The molecule has 0 aromatic heterocycles. The Morgan fingerprint density at radius 3 is 1.07 bits per heavy atom. The smallest absolute Gasteiger partial charge is 0.249 e. The summed E-state index contributed by atoms with van der Waals surface area (Å²) in [6.45, 7) is 4.13. The maximum atomic E-state index is 12.5. The van der Waals surface area contributed by atoms with Crippen LogP contribution in [0.25, 0.3) is 0 Å². The number of carbonyl (C=O) groups excluding carboxylic acids is 1. The lowest BCUT2D eigenvalue weighted by Gasteiger charge is -2.21. The molecule has 5 heteroatoms. The van der Waals surface area contributed by atoms with Gasteiger partial charge in [-0.2, -0.15) is 0 Å². The Morgan fingerprint density at radius 1 is 0.400 bits per heavy atom. The number of aliphatic hydroxyl groups excluding tert-OH is 3. The van der Waals surface area contributed by atoms with E-state index >= 15 is 0 Å². The van der Waals surface area contributed by atoms with E-state index < -0.39 is 24.2 Å². The van der Waals surface area contributed by atoms with Gasteiger partial charge in [0, 0.05) is 0 Å². The number of allylic oxidation sites excluding steroid dienone is 7. The molecule has 0 saturated heterocycles. The number of unbranched alkanes of at least 4 members (excludes halogenated alkanes) is 34. The second-order valence-electron chi connectivity index (χ2n) is 18.1. The van der Waals surface area contributed by atoms with E-state index in [4.69, 9.17) is 0 Å². The SMILES string of the molecule is CCCC/C=C/CC/C=C/CC/C=C/C(O)C(CO)NC(=O)C(O)CCCCCCCCCCCCCCCCCC/C=C\CCCCCCCCCCCCCCCC. The van der Waals surface area contributed by atoms with E-state index in [2.05, 4.69) is 55.6 Å². The van der Waals surface area contributed by atoms with E-state index in [1.54, 1.807) is 6.08 Å². The van der Waals surface area contributed by atoms with Gasteiger partial charge in [-0.15, -0.1) is 0 Å². The van der Waals surface area contributed by atoms with Crippen molar-refractivity contribution in [1.82, 2.24) is 5.32 Å². The molecule has 0 bridgehead atoms. The van der Waals surface area contributed by atoms with Crippen LogP contribution in [0.2, 0.25) is 0 Å². The second-order valence-corrected chi connectivity index (χ2v) is 18.1. The predicted molar refractivity (Wildman–Crippen MR) is 264 cm³/mol. The standard InChI is InChI=1S/C55H103NO4/c1-3-5-7-9-11-13-15-17-18-19-20-21-22-23-24-25-26-27-28-29-30-31-32-33-34-35-36-37-38-40-42-44-46-48-50-54(59)55(60)56-52(51-57)53(58)49-47-45-43-41-39-16-14-12-10-8-6-4-2/h10,12,25-26,39,41,47,49,52-54,57-59H,3-9,11,13-24,27-38,40,42-46,48,50-51H2,1-2H3,(H,56,60)/b12-10+,26-25-,41-39+,49-47+. The molecule has 0 fully saturated rings. The number of nitrogens with one attached hydrogen (secondary N) is 1. The molecule has 4 N–H and O–H groups in total. The molecule has 60 heavy (non-hydrogen) atoms. The molecule has 3 unspecified atom stereocenters. The Kier molecular flexibility index (Phi) is 48.6. The fraction of sp³-hybridized carbons (Fsp3) is 0.836. The van der Waals surface area contributed by atoms with Crippen molar-refractivity contribution < 1.29 is 20.1 Å². The molecular formula is C55H103NO4. The maximum absolute atomic E-state index is 12.5. The maximum Gasteiger partial charge on any atom is 0.249 e. The number of hydrogen-bond donors (Lipinski definition) is 4. The third-order valence-electron chi connectivity index (χ3n) is 12.1.